The van der Waals surface area contributed by atoms with E-state index >= 15 is 0 Å². The van der Waals surface area contributed by atoms with Crippen molar-refractivity contribution >= 4 is 21.7 Å². The normalized spacial score (nSPS) is 24.2. The van der Waals surface area contributed by atoms with Crippen molar-refractivity contribution < 1.29 is 31.2 Å². The second-order valence-electron chi connectivity index (χ2n) is 10.5. The zero-order chi connectivity index (χ0) is 26.7. The van der Waals surface area contributed by atoms with Gasteiger partial charge < -0.3 is 10.2 Å². The number of nitrogens with zero attached hydrogens (tertiary/aromatic N) is 2. The fourth-order valence-electron chi connectivity index (χ4n) is 5.47. The molecule has 3 fully saturated rings. The summed E-state index contributed by atoms with van der Waals surface area (Å²) in [7, 11) is -3.58. The quantitative estimate of drug-likeness (QED) is 0.578. The van der Waals surface area contributed by atoms with Crippen LogP contribution in [0.5, 0.6) is 0 Å². The molecule has 1 N–H and O–H groups in total. The number of carbonyl (C=O) groups is 2. The monoisotopic (exact) mass is 535 g/mol. The van der Waals surface area contributed by atoms with E-state index in [2.05, 4.69) is 10.3 Å². The van der Waals surface area contributed by atoms with E-state index < -0.39 is 51.0 Å². The predicted molar refractivity (Wildman–Crippen MR) is 128 cm³/mol. The standard InChI is InChI=1S/C26H28F3N3O4S/c1-26(28,29)19-7-5-16(10-20(19)27)23(14-3-4-14)31-24(33)22-11-15-6-8-21(15)32(22)25(34)17-9-18(13-30-12-17)37(2,35)36/h5,7,9-10,12-15,21-23H,3-4,6,8,11H2,1-2H3,(H,31,33)/t15-,21-,22-,23-/m1/s1. The molecule has 2 aromatic rings. The van der Waals surface area contributed by atoms with Gasteiger partial charge in [-0.1, -0.05) is 6.07 Å². The van der Waals surface area contributed by atoms with Gasteiger partial charge in [0.1, 0.15) is 11.9 Å². The van der Waals surface area contributed by atoms with E-state index in [0.29, 0.717) is 18.9 Å². The summed E-state index contributed by atoms with van der Waals surface area (Å²) >= 11 is 0. The highest BCUT2D eigenvalue weighted by molar-refractivity contribution is 7.90. The summed E-state index contributed by atoms with van der Waals surface area (Å²) in [6.07, 6.45) is 7.19. The Hall–Kier alpha value is -2.95. The largest absolute Gasteiger partial charge is 0.347 e. The topological polar surface area (TPSA) is 96.4 Å². The molecule has 2 heterocycles. The Bertz CT molecular complexity index is 1360. The number of likely N-dealkylation sites (tertiary alicyclic amines) is 1. The molecule has 198 valence electrons. The SMILES string of the molecule is CC(F)(F)c1ccc([C@H](NC(=O)[C@H]2C[C@H]3CC[C@H]3N2C(=O)c2cncc(S(C)(=O)=O)c2)C2CC2)cc1F. The number of fused-ring (bicyclic) bond motifs is 1. The molecule has 1 aromatic carbocycles. The summed E-state index contributed by atoms with van der Waals surface area (Å²) in [5.41, 5.74) is -0.207. The molecular formula is C26H28F3N3O4S. The second kappa shape index (κ2) is 9.11. The maximum Gasteiger partial charge on any atom is 0.273 e. The van der Waals surface area contributed by atoms with Crippen molar-refractivity contribution in [2.45, 2.75) is 68.0 Å². The third-order valence-corrected chi connectivity index (χ3v) is 8.82. The number of pyridine rings is 1. The Labute approximate surface area is 213 Å². The number of nitrogens with one attached hydrogen (secondary N) is 1. The number of halogens is 3. The first kappa shape index (κ1) is 25.7. The lowest BCUT2D eigenvalue weighted by molar-refractivity contribution is -0.126. The first-order valence-electron chi connectivity index (χ1n) is 12.3. The smallest absolute Gasteiger partial charge is 0.273 e. The maximum atomic E-state index is 14.5. The molecule has 5 rings (SSSR count). The lowest BCUT2D eigenvalue weighted by Gasteiger charge is -2.37. The van der Waals surface area contributed by atoms with Gasteiger partial charge in [0.2, 0.25) is 5.91 Å². The predicted octanol–water partition coefficient (Wildman–Crippen LogP) is 4.00. The van der Waals surface area contributed by atoms with Crippen molar-refractivity contribution in [3.8, 4) is 0 Å². The van der Waals surface area contributed by atoms with Gasteiger partial charge in [-0.2, -0.15) is 0 Å². The molecule has 11 heteroatoms. The number of sulfone groups is 1. The molecule has 0 spiro atoms. The van der Waals surface area contributed by atoms with E-state index in [0.717, 1.165) is 44.1 Å². The van der Waals surface area contributed by atoms with Crippen LogP contribution >= 0.6 is 0 Å². The molecule has 7 nitrogen and oxygen atoms in total. The molecule has 1 saturated heterocycles. The highest BCUT2D eigenvalue weighted by Gasteiger charge is 2.52. The summed E-state index contributed by atoms with van der Waals surface area (Å²) in [5, 5.41) is 2.96. The van der Waals surface area contributed by atoms with Crippen molar-refractivity contribution in [3.05, 3.63) is 59.2 Å². The Balaban J connectivity index is 1.40. The number of alkyl halides is 2. The van der Waals surface area contributed by atoms with Crippen molar-refractivity contribution in [1.82, 2.24) is 15.2 Å². The maximum absolute atomic E-state index is 14.5. The van der Waals surface area contributed by atoms with Crippen LogP contribution in [0.4, 0.5) is 13.2 Å². The Morgan fingerprint density at radius 3 is 2.43 bits per heavy atom. The number of rotatable bonds is 7. The fourth-order valence-corrected chi connectivity index (χ4v) is 6.06. The summed E-state index contributed by atoms with van der Waals surface area (Å²) < 4.78 is 65.8. The van der Waals surface area contributed by atoms with Crippen LogP contribution < -0.4 is 5.32 Å². The molecule has 0 radical (unpaired) electrons. The van der Waals surface area contributed by atoms with Crippen molar-refractivity contribution in [2.24, 2.45) is 11.8 Å². The Morgan fingerprint density at radius 1 is 1.14 bits per heavy atom. The van der Waals surface area contributed by atoms with Crippen LogP contribution in [0.25, 0.3) is 0 Å². The van der Waals surface area contributed by atoms with Crippen LogP contribution in [-0.2, 0) is 20.6 Å². The minimum Gasteiger partial charge on any atom is -0.347 e. The van der Waals surface area contributed by atoms with Gasteiger partial charge in [-0.05, 0) is 67.7 Å². The summed E-state index contributed by atoms with van der Waals surface area (Å²) in [6, 6.07) is 3.33. The van der Waals surface area contributed by atoms with Gasteiger partial charge in [-0.3, -0.25) is 14.6 Å². The van der Waals surface area contributed by atoms with E-state index in [-0.39, 0.29) is 28.3 Å². The Morgan fingerprint density at radius 2 is 1.86 bits per heavy atom. The van der Waals surface area contributed by atoms with Crippen molar-refractivity contribution in [3.63, 3.8) is 0 Å². The van der Waals surface area contributed by atoms with Gasteiger partial charge >= 0.3 is 0 Å². The Kier molecular flexibility index (Phi) is 6.32. The highest BCUT2D eigenvalue weighted by Crippen LogP contribution is 2.46. The van der Waals surface area contributed by atoms with Gasteiger partial charge in [-0.25, -0.2) is 21.6 Å². The number of aromatic nitrogens is 1. The summed E-state index contributed by atoms with van der Waals surface area (Å²) in [6.45, 7) is 0.631. The molecule has 3 aliphatic rings. The van der Waals surface area contributed by atoms with Crippen molar-refractivity contribution in [1.29, 1.82) is 0 Å². The van der Waals surface area contributed by atoms with Gasteiger partial charge in [0, 0.05) is 31.6 Å². The summed E-state index contributed by atoms with van der Waals surface area (Å²) in [4.78, 5) is 32.4. The average Bonchev–Trinajstić information content (AvgIpc) is 3.60. The van der Waals surface area contributed by atoms with Crippen LogP contribution in [0, 0.1) is 17.7 Å². The van der Waals surface area contributed by atoms with Gasteiger partial charge in [0.25, 0.3) is 11.8 Å². The van der Waals surface area contributed by atoms with Crippen LogP contribution in [-0.4, -0.2) is 48.5 Å². The van der Waals surface area contributed by atoms with Gasteiger partial charge in [0.05, 0.1) is 22.1 Å². The first-order chi connectivity index (χ1) is 17.3. The van der Waals surface area contributed by atoms with Crippen LogP contribution in [0.15, 0.2) is 41.6 Å². The van der Waals surface area contributed by atoms with E-state index in [9.17, 15) is 31.2 Å². The molecule has 1 aromatic heterocycles. The van der Waals surface area contributed by atoms with Gasteiger partial charge in [-0.15, -0.1) is 0 Å². The lowest BCUT2D eigenvalue weighted by atomic mass is 9.80. The summed E-state index contributed by atoms with van der Waals surface area (Å²) in [5.74, 6) is -5.00. The lowest BCUT2D eigenvalue weighted by Crippen LogP contribution is -2.51. The average molecular weight is 536 g/mol. The molecule has 0 unspecified atom stereocenters. The van der Waals surface area contributed by atoms with Crippen LogP contribution in [0.1, 0.15) is 66.6 Å². The molecule has 2 aliphatic carbocycles. The van der Waals surface area contributed by atoms with E-state index in [1.165, 1.54) is 29.4 Å². The molecule has 0 bridgehead atoms. The molecule has 4 atom stereocenters. The highest BCUT2D eigenvalue weighted by atomic mass is 32.2. The zero-order valence-corrected chi connectivity index (χ0v) is 21.3. The molecule has 2 saturated carbocycles. The molecule has 1 aliphatic heterocycles. The number of amides is 2. The first-order valence-corrected chi connectivity index (χ1v) is 14.2. The van der Waals surface area contributed by atoms with Crippen LogP contribution in [0.3, 0.4) is 0 Å². The number of benzene rings is 1. The number of hydrogen-bond donors (Lipinski definition) is 1. The van der Waals surface area contributed by atoms with E-state index in [4.69, 9.17) is 0 Å². The minimum atomic E-state index is -3.58. The number of carbonyl (C=O) groups excluding carboxylic acids is 2. The van der Waals surface area contributed by atoms with Gasteiger partial charge in [0.15, 0.2) is 9.84 Å². The van der Waals surface area contributed by atoms with E-state index in [1.54, 1.807) is 0 Å². The second-order valence-corrected chi connectivity index (χ2v) is 12.5. The third-order valence-electron chi connectivity index (χ3n) is 7.74. The minimum absolute atomic E-state index is 0.0502. The zero-order valence-electron chi connectivity index (χ0n) is 20.5. The molecule has 37 heavy (non-hydrogen) atoms. The molecular weight excluding hydrogens is 507 g/mol. The third kappa shape index (κ3) is 4.97. The fraction of sp³-hybridized carbons (Fsp3) is 0.500. The number of hydrogen-bond acceptors (Lipinski definition) is 5. The van der Waals surface area contributed by atoms with Crippen LogP contribution in [0.2, 0.25) is 0 Å². The molecule has 2 amide bonds. The van der Waals surface area contributed by atoms with E-state index in [1.807, 2.05) is 0 Å². The van der Waals surface area contributed by atoms with Crippen molar-refractivity contribution in [2.75, 3.05) is 6.26 Å².